The highest BCUT2D eigenvalue weighted by molar-refractivity contribution is 7.09. The Bertz CT molecular complexity index is 1020. The first-order valence-corrected chi connectivity index (χ1v) is 9.38. The van der Waals surface area contributed by atoms with Gasteiger partial charge in [0.15, 0.2) is 5.65 Å². The molecular weight excluding hydrogens is 362 g/mol. The number of aryl methyl sites for hydroxylation is 2. The van der Waals surface area contributed by atoms with E-state index in [2.05, 4.69) is 15.4 Å². The Hall–Kier alpha value is -3.13. The highest BCUT2D eigenvalue weighted by atomic mass is 32.1. The summed E-state index contributed by atoms with van der Waals surface area (Å²) in [6, 6.07) is 9.37. The summed E-state index contributed by atoms with van der Waals surface area (Å²) in [6.07, 6.45) is 3.26. The number of nitrogens with one attached hydrogen (secondary N) is 1. The molecule has 7 nitrogen and oxygen atoms in total. The van der Waals surface area contributed by atoms with Crippen LogP contribution in [-0.4, -0.2) is 25.7 Å². The van der Waals surface area contributed by atoms with E-state index in [4.69, 9.17) is 4.42 Å². The van der Waals surface area contributed by atoms with Crippen molar-refractivity contribution >= 4 is 34.1 Å². The van der Waals surface area contributed by atoms with Crippen molar-refractivity contribution in [2.75, 3.05) is 5.32 Å². The molecule has 0 aliphatic rings. The van der Waals surface area contributed by atoms with Crippen LogP contribution in [0.5, 0.6) is 0 Å². The largest absolute Gasteiger partial charge is 0.467 e. The number of carbonyl (C=O) groups excluding carboxylic acids is 1. The van der Waals surface area contributed by atoms with Gasteiger partial charge in [-0.05, 0) is 36.6 Å². The monoisotopic (exact) mass is 381 g/mol. The summed E-state index contributed by atoms with van der Waals surface area (Å²) >= 11 is 1.62. The lowest BCUT2D eigenvalue weighted by Crippen LogP contribution is -2.33. The van der Waals surface area contributed by atoms with E-state index >= 15 is 0 Å². The molecule has 0 bridgehead atoms. The molecule has 8 heteroatoms. The summed E-state index contributed by atoms with van der Waals surface area (Å²) in [4.78, 5) is 20.2. The number of thiophene rings is 1. The molecule has 138 valence electrons. The first kappa shape index (κ1) is 17.3. The topological polar surface area (TPSA) is 76.2 Å². The lowest BCUT2D eigenvalue weighted by Gasteiger charge is -2.21. The number of hydrogen-bond donors (Lipinski definition) is 1. The Kier molecular flexibility index (Phi) is 4.64. The van der Waals surface area contributed by atoms with Crippen LogP contribution in [0.1, 0.15) is 16.3 Å². The number of aromatic nitrogens is 3. The number of anilines is 1. The normalized spacial score (nSPS) is 11.0. The minimum Gasteiger partial charge on any atom is -0.467 e. The molecule has 0 aliphatic heterocycles. The molecule has 1 N–H and O–H groups in total. The fourth-order valence-corrected chi connectivity index (χ4v) is 3.68. The number of pyridine rings is 1. The van der Waals surface area contributed by atoms with Gasteiger partial charge in [-0.1, -0.05) is 6.07 Å². The zero-order valence-corrected chi connectivity index (χ0v) is 15.9. The van der Waals surface area contributed by atoms with E-state index in [1.54, 1.807) is 33.4 Å². The molecule has 0 aliphatic carbocycles. The first-order chi connectivity index (χ1) is 13.1. The van der Waals surface area contributed by atoms with Crippen molar-refractivity contribution in [2.45, 2.75) is 20.0 Å². The molecule has 0 aromatic carbocycles. The highest BCUT2D eigenvalue weighted by Gasteiger charge is 2.17. The minimum absolute atomic E-state index is 0.206. The second-order valence-corrected chi connectivity index (χ2v) is 7.28. The van der Waals surface area contributed by atoms with E-state index in [0.29, 0.717) is 18.8 Å². The standard InChI is InChI=1S/C19H19N5O2S/c1-13-17-9-14(10-20-18(17)23(2)22-13)21-19(25)24(11-15-5-3-7-26-15)12-16-6-4-8-27-16/h3-10H,11-12H2,1-2H3,(H,21,25). The van der Waals surface area contributed by atoms with Gasteiger partial charge in [-0.15, -0.1) is 11.3 Å². The zero-order valence-electron chi connectivity index (χ0n) is 15.0. The SMILES string of the molecule is Cc1nn(C)c2ncc(NC(=O)N(Cc3ccco3)Cc3cccs3)cc12. The average Bonchev–Trinajstić information content (AvgIpc) is 3.39. The second-order valence-electron chi connectivity index (χ2n) is 6.25. The summed E-state index contributed by atoms with van der Waals surface area (Å²) in [5.41, 5.74) is 2.30. The van der Waals surface area contributed by atoms with Crippen molar-refractivity contribution in [1.29, 1.82) is 0 Å². The quantitative estimate of drug-likeness (QED) is 0.563. The van der Waals surface area contributed by atoms with E-state index in [9.17, 15) is 4.79 Å². The summed E-state index contributed by atoms with van der Waals surface area (Å²) < 4.78 is 7.15. The lowest BCUT2D eigenvalue weighted by molar-refractivity contribution is 0.202. The van der Waals surface area contributed by atoms with Crippen molar-refractivity contribution in [1.82, 2.24) is 19.7 Å². The van der Waals surface area contributed by atoms with Crippen LogP contribution in [-0.2, 0) is 20.1 Å². The Morgan fingerprint density at radius 2 is 2.22 bits per heavy atom. The van der Waals surface area contributed by atoms with Crippen LogP contribution >= 0.6 is 11.3 Å². The van der Waals surface area contributed by atoms with Crippen molar-refractivity contribution in [2.24, 2.45) is 7.05 Å². The predicted octanol–water partition coefficient (Wildman–Crippen LogP) is 4.17. The third-order valence-electron chi connectivity index (χ3n) is 4.26. The Morgan fingerprint density at radius 3 is 2.96 bits per heavy atom. The molecule has 0 saturated heterocycles. The van der Waals surface area contributed by atoms with Gasteiger partial charge in [0.1, 0.15) is 5.76 Å². The van der Waals surface area contributed by atoms with E-state index in [1.165, 1.54) is 0 Å². The molecule has 4 rings (SSSR count). The smallest absolute Gasteiger partial charge is 0.322 e. The minimum atomic E-state index is -0.206. The molecule has 0 unspecified atom stereocenters. The van der Waals surface area contributed by atoms with Gasteiger partial charge in [0.25, 0.3) is 0 Å². The Balaban J connectivity index is 1.56. The van der Waals surface area contributed by atoms with Crippen molar-refractivity contribution in [3.05, 3.63) is 64.5 Å². The Labute approximate surface area is 160 Å². The molecule has 4 aromatic rings. The van der Waals surface area contributed by atoms with E-state index in [-0.39, 0.29) is 6.03 Å². The van der Waals surface area contributed by atoms with Crippen LogP contribution in [0.3, 0.4) is 0 Å². The predicted molar refractivity (Wildman–Crippen MR) is 105 cm³/mol. The van der Waals surface area contributed by atoms with E-state index in [0.717, 1.165) is 27.4 Å². The van der Waals surface area contributed by atoms with Crippen LogP contribution in [0.15, 0.2) is 52.6 Å². The third-order valence-corrected chi connectivity index (χ3v) is 5.12. The maximum atomic E-state index is 12.9. The van der Waals surface area contributed by atoms with Gasteiger partial charge in [-0.3, -0.25) is 4.68 Å². The number of nitrogens with zero attached hydrogens (tertiary/aromatic N) is 4. The number of rotatable bonds is 5. The number of carbonyl (C=O) groups is 1. The van der Waals surface area contributed by atoms with Gasteiger partial charge < -0.3 is 14.6 Å². The third kappa shape index (κ3) is 3.70. The van der Waals surface area contributed by atoms with Crippen LogP contribution in [0, 0.1) is 6.92 Å². The van der Waals surface area contributed by atoms with E-state index < -0.39 is 0 Å². The molecule has 0 spiro atoms. The molecule has 0 fully saturated rings. The molecule has 4 aromatic heterocycles. The molecular formula is C19H19N5O2S. The van der Waals surface area contributed by atoms with Gasteiger partial charge in [0.2, 0.25) is 0 Å². The summed E-state index contributed by atoms with van der Waals surface area (Å²) in [5, 5.41) is 10.2. The van der Waals surface area contributed by atoms with Crippen LogP contribution in [0.25, 0.3) is 11.0 Å². The van der Waals surface area contributed by atoms with Crippen LogP contribution in [0.4, 0.5) is 10.5 Å². The summed E-state index contributed by atoms with van der Waals surface area (Å²) in [6.45, 7) is 2.82. The molecule has 0 radical (unpaired) electrons. The Morgan fingerprint density at radius 1 is 1.33 bits per heavy atom. The number of furan rings is 1. The molecule has 0 atom stereocenters. The maximum absolute atomic E-state index is 12.9. The van der Waals surface area contributed by atoms with Gasteiger partial charge in [-0.25, -0.2) is 9.78 Å². The lowest BCUT2D eigenvalue weighted by atomic mass is 10.2. The van der Waals surface area contributed by atoms with Crippen molar-refractivity contribution < 1.29 is 9.21 Å². The summed E-state index contributed by atoms with van der Waals surface area (Å²) in [7, 11) is 1.85. The van der Waals surface area contributed by atoms with Crippen molar-refractivity contribution in [3.63, 3.8) is 0 Å². The molecule has 2 amide bonds. The number of hydrogen-bond acceptors (Lipinski definition) is 5. The summed E-state index contributed by atoms with van der Waals surface area (Å²) in [5.74, 6) is 0.735. The van der Waals surface area contributed by atoms with Crippen LogP contribution in [0.2, 0.25) is 0 Å². The maximum Gasteiger partial charge on any atom is 0.322 e. The fraction of sp³-hybridized carbons (Fsp3) is 0.211. The fourth-order valence-electron chi connectivity index (χ4n) is 2.96. The average molecular weight is 381 g/mol. The molecule has 27 heavy (non-hydrogen) atoms. The van der Waals surface area contributed by atoms with Gasteiger partial charge in [0.05, 0.1) is 36.9 Å². The van der Waals surface area contributed by atoms with Crippen molar-refractivity contribution in [3.8, 4) is 0 Å². The number of fused-ring (bicyclic) bond motifs is 1. The first-order valence-electron chi connectivity index (χ1n) is 8.50. The highest BCUT2D eigenvalue weighted by Crippen LogP contribution is 2.21. The zero-order chi connectivity index (χ0) is 18.8. The van der Waals surface area contributed by atoms with Gasteiger partial charge in [0, 0.05) is 17.3 Å². The molecule has 4 heterocycles. The van der Waals surface area contributed by atoms with Crippen LogP contribution < -0.4 is 5.32 Å². The van der Waals surface area contributed by atoms with Gasteiger partial charge >= 0.3 is 6.03 Å². The second kappa shape index (κ2) is 7.24. The number of urea groups is 1. The van der Waals surface area contributed by atoms with E-state index in [1.807, 2.05) is 49.7 Å². The molecule has 0 saturated carbocycles. The van der Waals surface area contributed by atoms with Gasteiger partial charge in [-0.2, -0.15) is 5.10 Å². The number of amides is 2.